The van der Waals surface area contributed by atoms with E-state index in [1.807, 2.05) is 18.2 Å². The van der Waals surface area contributed by atoms with Crippen molar-refractivity contribution in [1.82, 2.24) is 15.1 Å². The van der Waals surface area contributed by atoms with Crippen LogP contribution in [0.4, 0.5) is 0 Å². The number of primary sulfonamides is 1. The number of halogens is 1. The molecular weight excluding hydrogens is 400 g/mol. The Balaban J connectivity index is 1.66. The molecule has 0 radical (unpaired) electrons. The molecule has 0 aliphatic rings. The number of carbonyl (C=O) groups excluding carboxylic acids is 1. The van der Waals surface area contributed by atoms with Gasteiger partial charge in [-0.05, 0) is 36.2 Å². The quantitative estimate of drug-likeness (QED) is 0.641. The van der Waals surface area contributed by atoms with Crippen LogP contribution >= 0.6 is 11.6 Å². The number of nitrogens with one attached hydrogen (secondary N) is 1. The fourth-order valence-corrected chi connectivity index (χ4v) is 3.39. The SMILES string of the molecule is CC(NC(=O)c1cnn(Cc2ccccc2Cl)c1)c1ccc(S(N)(=O)=O)cc1. The molecule has 0 bridgehead atoms. The smallest absolute Gasteiger partial charge is 0.254 e. The first-order valence-corrected chi connectivity index (χ1v) is 10.4. The molecule has 3 rings (SSSR count). The topological polar surface area (TPSA) is 107 Å². The third-order valence-corrected chi connectivity index (χ3v) is 5.54. The van der Waals surface area contributed by atoms with E-state index in [4.69, 9.17) is 16.7 Å². The van der Waals surface area contributed by atoms with Crippen molar-refractivity contribution in [1.29, 1.82) is 0 Å². The molecule has 0 aliphatic carbocycles. The van der Waals surface area contributed by atoms with Crippen LogP contribution in [0.25, 0.3) is 0 Å². The average Bonchev–Trinajstić information content (AvgIpc) is 3.12. The van der Waals surface area contributed by atoms with Gasteiger partial charge in [0.05, 0.1) is 29.2 Å². The zero-order chi connectivity index (χ0) is 20.3. The highest BCUT2D eigenvalue weighted by atomic mass is 35.5. The first kappa shape index (κ1) is 20.1. The average molecular weight is 419 g/mol. The Kier molecular flexibility index (Phi) is 5.83. The van der Waals surface area contributed by atoms with Gasteiger partial charge >= 0.3 is 0 Å². The van der Waals surface area contributed by atoms with Crippen LogP contribution in [0.1, 0.15) is 34.5 Å². The molecule has 3 aromatic rings. The highest BCUT2D eigenvalue weighted by Gasteiger charge is 2.15. The summed E-state index contributed by atoms with van der Waals surface area (Å²) in [6.45, 7) is 2.26. The van der Waals surface area contributed by atoms with Crippen LogP contribution in [-0.4, -0.2) is 24.1 Å². The van der Waals surface area contributed by atoms with Crippen LogP contribution in [0, 0.1) is 0 Å². The maximum absolute atomic E-state index is 12.5. The first-order chi connectivity index (χ1) is 13.2. The number of aromatic nitrogens is 2. The van der Waals surface area contributed by atoms with Crippen LogP contribution in [0.3, 0.4) is 0 Å². The summed E-state index contributed by atoms with van der Waals surface area (Å²) in [6.07, 6.45) is 3.14. The number of hydrogen-bond acceptors (Lipinski definition) is 4. The molecule has 0 aliphatic heterocycles. The molecule has 0 saturated heterocycles. The summed E-state index contributed by atoms with van der Waals surface area (Å²) in [6, 6.07) is 13.2. The monoisotopic (exact) mass is 418 g/mol. The number of hydrogen-bond donors (Lipinski definition) is 2. The van der Waals surface area contributed by atoms with Crippen LogP contribution in [0.5, 0.6) is 0 Å². The summed E-state index contributed by atoms with van der Waals surface area (Å²) in [5.41, 5.74) is 2.08. The molecule has 0 spiro atoms. The van der Waals surface area contributed by atoms with Crippen molar-refractivity contribution in [2.24, 2.45) is 5.14 Å². The molecule has 9 heteroatoms. The van der Waals surface area contributed by atoms with Gasteiger partial charge in [-0.25, -0.2) is 13.6 Å². The van der Waals surface area contributed by atoms with Gasteiger partial charge in [0.1, 0.15) is 0 Å². The van der Waals surface area contributed by atoms with Gasteiger partial charge in [0.25, 0.3) is 5.91 Å². The predicted molar refractivity (Wildman–Crippen MR) is 106 cm³/mol. The number of benzene rings is 2. The lowest BCUT2D eigenvalue weighted by Gasteiger charge is -2.14. The summed E-state index contributed by atoms with van der Waals surface area (Å²) in [7, 11) is -3.75. The Hall–Kier alpha value is -2.68. The third-order valence-electron chi connectivity index (χ3n) is 4.24. The summed E-state index contributed by atoms with van der Waals surface area (Å²) >= 11 is 6.15. The summed E-state index contributed by atoms with van der Waals surface area (Å²) in [4.78, 5) is 12.5. The molecule has 1 amide bonds. The molecule has 0 saturated carbocycles. The van der Waals surface area contributed by atoms with Crippen LogP contribution in [0.2, 0.25) is 5.02 Å². The highest BCUT2D eigenvalue weighted by Crippen LogP contribution is 2.18. The Labute approximate surface area is 168 Å². The minimum Gasteiger partial charge on any atom is -0.345 e. The Morgan fingerprint density at radius 1 is 1.21 bits per heavy atom. The van der Waals surface area contributed by atoms with Crippen molar-refractivity contribution in [3.63, 3.8) is 0 Å². The second-order valence-electron chi connectivity index (χ2n) is 6.33. The molecular formula is C19H19ClN4O3S. The van der Waals surface area contributed by atoms with E-state index in [2.05, 4.69) is 10.4 Å². The fraction of sp³-hybridized carbons (Fsp3) is 0.158. The van der Waals surface area contributed by atoms with Gasteiger partial charge in [-0.3, -0.25) is 9.48 Å². The lowest BCUT2D eigenvalue weighted by molar-refractivity contribution is 0.0939. The van der Waals surface area contributed by atoms with Gasteiger partial charge in [-0.15, -0.1) is 0 Å². The van der Waals surface area contributed by atoms with E-state index in [-0.39, 0.29) is 16.8 Å². The Morgan fingerprint density at radius 2 is 1.89 bits per heavy atom. The van der Waals surface area contributed by atoms with Gasteiger partial charge in [0, 0.05) is 11.2 Å². The van der Waals surface area contributed by atoms with E-state index in [0.29, 0.717) is 17.1 Å². The maximum Gasteiger partial charge on any atom is 0.254 e. The molecule has 28 heavy (non-hydrogen) atoms. The van der Waals surface area contributed by atoms with E-state index in [1.54, 1.807) is 36.0 Å². The maximum atomic E-state index is 12.5. The standard InChI is InChI=1S/C19H19ClN4O3S/c1-13(14-6-8-17(9-7-14)28(21,26)27)23-19(25)16-10-22-24(12-16)11-15-4-2-3-5-18(15)20/h2-10,12-13H,11H2,1H3,(H,23,25)(H2,21,26,27). The van der Waals surface area contributed by atoms with Crippen molar-refractivity contribution in [2.45, 2.75) is 24.4 Å². The lowest BCUT2D eigenvalue weighted by Crippen LogP contribution is -2.26. The number of sulfonamides is 1. The van der Waals surface area contributed by atoms with E-state index < -0.39 is 10.0 Å². The second kappa shape index (κ2) is 8.14. The van der Waals surface area contributed by atoms with Crippen molar-refractivity contribution < 1.29 is 13.2 Å². The summed E-state index contributed by atoms with van der Waals surface area (Å²) in [5, 5.41) is 12.8. The zero-order valence-electron chi connectivity index (χ0n) is 15.0. The highest BCUT2D eigenvalue weighted by molar-refractivity contribution is 7.89. The molecule has 1 unspecified atom stereocenters. The number of carbonyl (C=O) groups is 1. The third kappa shape index (κ3) is 4.78. The fourth-order valence-electron chi connectivity index (χ4n) is 2.68. The van der Waals surface area contributed by atoms with E-state index >= 15 is 0 Å². The molecule has 7 nitrogen and oxygen atoms in total. The van der Waals surface area contributed by atoms with Crippen molar-refractivity contribution in [2.75, 3.05) is 0 Å². The lowest BCUT2D eigenvalue weighted by atomic mass is 10.1. The van der Waals surface area contributed by atoms with E-state index in [0.717, 1.165) is 11.1 Å². The van der Waals surface area contributed by atoms with Gasteiger partial charge in [-0.2, -0.15) is 5.10 Å². The minimum atomic E-state index is -3.75. The van der Waals surface area contributed by atoms with Gasteiger partial charge in [0.2, 0.25) is 10.0 Å². The van der Waals surface area contributed by atoms with Crippen LogP contribution in [-0.2, 0) is 16.6 Å². The minimum absolute atomic E-state index is 0.0237. The normalized spacial score (nSPS) is 12.5. The molecule has 146 valence electrons. The summed E-state index contributed by atoms with van der Waals surface area (Å²) < 4.78 is 24.3. The number of nitrogens with two attached hydrogens (primary N) is 1. The van der Waals surface area contributed by atoms with Gasteiger partial charge in [-0.1, -0.05) is 41.9 Å². The van der Waals surface area contributed by atoms with Gasteiger partial charge in [0.15, 0.2) is 0 Å². The molecule has 1 atom stereocenters. The van der Waals surface area contributed by atoms with E-state index in [9.17, 15) is 13.2 Å². The Morgan fingerprint density at radius 3 is 2.54 bits per heavy atom. The van der Waals surface area contributed by atoms with E-state index in [1.165, 1.54) is 18.3 Å². The largest absolute Gasteiger partial charge is 0.345 e. The number of rotatable bonds is 6. The molecule has 0 fully saturated rings. The van der Waals surface area contributed by atoms with Crippen LogP contribution < -0.4 is 10.5 Å². The van der Waals surface area contributed by atoms with Crippen molar-refractivity contribution in [3.8, 4) is 0 Å². The van der Waals surface area contributed by atoms with Crippen LogP contribution in [0.15, 0.2) is 65.8 Å². The second-order valence-corrected chi connectivity index (χ2v) is 8.30. The predicted octanol–water partition coefficient (Wildman–Crippen LogP) is 2.72. The Bertz CT molecular complexity index is 1090. The first-order valence-electron chi connectivity index (χ1n) is 8.43. The zero-order valence-corrected chi connectivity index (χ0v) is 16.6. The van der Waals surface area contributed by atoms with Crippen molar-refractivity contribution in [3.05, 3.63) is 82.6 Å². The molecule has 2 aromatic carbocycles. The number of amides is 1. The number of nitrogens with zero attached hydrogens (tertiary/aromatic N) is 2. The van der Waals surface area contributed by atoms with Gasteiger partial charge < -0.3 is 5.32 Å². The summed E-state index contributed by atoms with van der Waals surface area (Å²) in [5.74, 6) is -0.284. The molecule has 1 heterocycles. The molecule has 1 aromatic heterocycles. The van der Waals surface area contributed by atoms with Crippen molar-refractivity contribution >= 4 is 27.5 Å². The molecule has 3 N–H and O–H groups in total.